The highest BCUT2D eigenvalue weighted by molar-refractivity contribution is 5.95. The normalized spacial score (nSPS) is 17.2. The van der Waals surface area contributed by atoms with Crippen molar-refractivity contribution in [3.8, 4) is 5.75 Å². The number of benzene rings is 1. The summed E-state index contributed by atoms with van der Waals surface area (Å²) in [6.45, 7) is 5.27. The fraction of sp³-hybridized carbons (Fsp3) is 0.500. The van der Waals surface area contributed by atoms with Gasteiger partial charge in [-0.2, -0.15) is 13.2 Å². The molecule has 0 bridgehead atoms. The molecule has 1 aliphatic carbocycles. The maximum atomic E-state index is 13.2. The van der Waals surface area contributed by atoms with Gasteiger partial charge in [0.2, 0.25) is 5.91 Å². The molecule has 2 rings (SSSR count). The number of halogens is 3. The van der Waals surface area contributed by atoms with Crippen LogP contribution < -0.4 is 10.1 Å². The van der Waals surface area contributed by atoms with Crippen LogP contribution in [-0.2, 0) is 11.0 Å². The fourth-order valence-electron chi connectivity index (χ4n) is 2.94. The first kappa shape index (κ1) is 18.4. The Kier molecular flexibility index (Phi) is 5.57. The third-order valence-corrected chi connectivity index (χ3v) is 4.40. The van der Waals surface area contributed by atoms with Crippen molar-refractivity contribution >= 4 is 11.6 Å². The Morgan fingerprint density at radius 2 is 2.00 bits per heavy atom. The van der Waals surface area contributed by atoms with E-state index >= 15 is 0 Å². The first-order valence-corrected chi connectivity index (χ1v) is 8.03. The fourth-order valence-corrected chi connectivity index (χ4v) is 2.94. The van der Waals surface area contributed by atoms with Gasteiger partial charge >= 0.3 is 6.18 Å². The molecule has 1 aromatic rings. The van der Waals surface area contributed by atoms with Crippen molar-refractivity contribution in [2.45, 2.75) is 45.2 Å². The van der Waals surface area contributed by atoms with E-state index in [1.807, 2.05) is 6.92 Å². The third kappa shape index (κ3) is 4.30. The van der Waals surface area contributed by atoms with Gasteiger partial charge in [-0.05, 0) is 31.0 Å². The van der Waals surface area contributed by atoms with Gasteiger partial charge in [0.25, 0.3) is 0 Å². The topological polar surface area (TPSA) is 38.3 Å². The highest BCUT2D eigenvalue weighted by Crippen LogP contribution is 2.40. The quantitative estimate of drug-likeness (QED) is 0.750. The molecule has 0 heterocycles. The van der Waals surface area contributed by atoms with Gasteiger partial charge in [-0.15, -0.1) is 0 Å². The molecule has 6 heteroatoms. The second kappa shape index (κ2) is 7.28. The predicted molar refractivity (Wildman–Crippen MR) is 87.0 cm³/mol. The molecule has 0 aliphatic heterocycles. The maximum Gasteiger partial charge on any atom is 0.420 e. The van der Waals surface area contributed by atoms with E-state index in [4.69, 9.17) is 4.74 Å². The summed E-state index contributed by atoms with van der Waals surface area (Å²) in [4.78, 5) is 12.5. The number of amides is 1. The molecule has 0 saturated heterocycles. The first-order valence-electron chi connectivity index (χ1n) is 8.03. The molecule has 24 heavy (non-hydrogen) atoms. The molecule has 0 aromatic heterocycles. The zero-order chi connectivity index (χ0) is 17.8. The van der Waals surface area contributed by atoms with Gasteiger partial charge in [0.15, 0.2) is 0 Å². The number of rotatable bonds is 5. The Bertz CT molecular complexity index is 605. The van der Waals surface area contributed by atoms with Crippen LogP contribution in [0.15, 0.2) is 30.9 Å². The van der Waals surface area contributed by atoms with Crippen LogP contribution in [0.3, 0.4) is 0 Å². The zero-order valence-electron chi connectivity index (χ0n) is 13.7. The SMILES string of the molecule is C=CCOc1ccc(NC(=O)C2(C)CCCCC2)cc1C(F)(F)F. The van der Waals surface area contributed by atoms with Gasteiger partial charge in [0, 0.05) is 11.1 Å². The van der Waals surface area contributed by atoms with Crippen molar-refractivity contribution in [3.63, 3.8) is 0 Å². The lowest BCUT2D eigenvalue weighted by molar-refractivity contribution is -0.139. The summed E-state index contributed by atoms with van der Waals surface area (Å²) in [5.41, 5.74) is -1.30. The highest BCUT2D eigenvalue weighted by Gasteiger charge is 2.37. The number of carbonyl (C=O) groups excluding carboxylic acids is 1. The molecule has 0 atom stereocenters. The molecular weight excluding hydrogens is 319 g/mol. The molecule has 0 radical (unpaired) electrons. The van der Waals surface area contributed by atoms with E-state index in [-0.39, 0.29) is 24.0 Å². The van der Waals surface area contributed by atoms with Crippen LogP contribution in [0.4, 0.5) is 18.9 Å². The van der Waals surface area contributed by atoms with Gasteiger partial charge in [0.05, 0.1) is 5.56 Å². The first-order chi connectivity index (χ1) is 11.3. The van der Waals surface area contributed by atoms with Crippen molar-refractivity contribution < 1.29 is 22.7 Å². The number of nitrogens with one attached hydrogen (secondary N) is 1. The predicted octanol–water partition coefficient (Wildman–Crippen LogP) is 5.18. The molecule has 3 nitrogen and oxygen atoms in total. The summed E-state index contributed by atoms with van der Waals surface area (Å²) >= 11 is 0. The van der Waals surface area contributed by atoms with Crippen molar-refractivity contribution in [3.05, 3.63) is 36.4 Å². The lowest BCUT2D eigenvalue weighted by Crippen LogP contribution is -2.35. The van der Waals surface area contributed by atoms with E-state index in [1.165, 1.54) is 18.2 Å². The summed E-state index contributed by atoms with van der Waals surface area (Å²) in [7, 11) is 0. The van der Waals surface area contributed by atoms with Crippen molar-refractivity contribution in [1.82, 2.24) is 0 Å². The van der Waals surface area contributed by atoms with Gasteiger partial charge in [-0.1, -0.05) is 38.8 Å². The molecular formula is C18H22F3NO2. The van der Waals surface area contributed by atoms with Crippen LogP contribution in [0, 0.1) is 5.41 Å². The molecule has 1 N–H and O–H groups in total. The number of carbonyl (C=O) groups is 1. The monoisotopic (exact) mass is 341 g/mol. The average Bonchev–Trinajstić information content (AvgIpc) is 2.53. The number of hydrogen-bond donors (Lipinski definition) is 1. The van der Waals surface area contributed by atoms with Gasteiger partial charge in [-0.25, -0.2) is 0 Å². The minimum atomic E-state index is -4.56. The van der Waals surface area contributed by atoms with E-state index in [0.717, 1.165) is 38.2 Å². The van der Waals surface area contributed by atoms with Crippen LogP contribution in [-0.4, -0.2) is 12.5 Å². The molecule has 0 spiro atoms. The van der Waals surface area contributed by atoms with Gasteiger partial charge in [0.1, 0.15) is 12.4 Å². The van der Waals surface area contributed by atoms with Crippen molar-refractivity contribution in [2.75, 3.05) is 11.9 Å². The van der Waals surface area contributed by atoms with E-state index < -0.39 is 17.2 Å². The Balaban J connectivity index is 2.21. The maximum absolute atomic E-state index is 13.2. The van der Waals surface area contributed by atoms with E-state index in [1.54, 1.807) is 0 Å². The number of hydrogen-bond acceptors (Lipinski definition) is 2. The Labute approximate surface area is 139 Å². The second-order valence-electron chi connectivity index (χ2n) is 6.38. The second-order valence-corrected chi connectivity index (χ2v) is 6.38. The van der Waals surface area contributed by atoms with Crippen LogP contribution in [0.2, 0.25) is 0 Å². The number of ether oxygens (including phenoxy) is 1. The van der Waals surface area contributed by atoms with Gasteiger partial charge < -0.3 is 10.1 Å². The molecule has 1 fully saturated rings. The third-order valence-electron chi connectivity index (χ3n) is 4.40. The van der Waals surface area contributed by atoms with Gasteiger partial charge in [-0.3, -0.25) is 4.79 Å². The van der Waals surface area contributed by atoms with E-state index in [2.05, 4.69) is 11.9 Å². The smallest absolute Gasteiger partial charge is 0.420 e. The molecule has 1 saturated carbocycles. The van der Waals surface area contributed by atoms with Crippen molar-refractivity contribution in [2.24, 2.45) is 5.41 Å². The van der Waals surface area contributed by atoms with E-state index in [9.17, 15) is 18.0 Å². The average molecular weight is 341 g/mol. The van der Waals surface area contributed by atoms with Crippen molar-refractivity contribution in [1.29, 1.82) is 0 Å². The summed E-state index contributed by atoms with van der Waals surface area (Å²) in [6, 6.07) is 3.57. The van der Waals surface area contributed by atoms with Crippen LogP contribution >= 0.6 is 0 Å². The Morgan fingerprint density at radius 3 is 2.58 bits per heavy atom. The Morgan fingerprint density at radius 1 is 1.33 bits per heavy atom. The summed E-state index contributed by atoms with van der Waals surface area (Å²) < 4.78 is 44.7. The van der Waals surface area contributed by atoms with Crippen LogP contribution in [0.1, 0.15) is 44.6 Å². The lowest BCUT2D eigenvalue weighted by Gasteiger charge is -2.32. The zero-order valence-corrected chi connectivity index (χ0v) is 13.7. The van der Waals surface area contributed by atoms with E-state index in [0.29, 0.717) is 0 Å². The molecule has 0 unspecified atom stereocenters. The van der Waals surface area contributed by atoms with Crippen LogP contribution in [0.5, 0.6) is 5.75 Å². The minimum absolute atomic E-state index is 0.0210. The molecule has 1 aliphatic rings. The molecule has 132 valence electrons. The highest BCUT2D eigenvalue weighted by atomic mass is 19.4. The summed E-state index contributed by atoms with van der Waals surface area (Å²) in [5, 5.41) is 2.63. The molecule has 1 amide bonds. The summed E-state index contributed by atoms with van der Waals surface area (Å²) in [6.07, 6.45) is 1.34. The lowest BCUT2D eigenvalue weighted by atomic mass is 9.75. The van der Waals surface area contributed by atoms with Crippen LogP contribution in [0.25, 0.3) is 0 Å². The minimum Gasteiger partial charge on any atom is -0.489 e. The number of alkyl halides is 3. The molecule has 1 aromatic carbocycles. The Hall–Kier alpha value is -1.98. The number of anilines is 1. The standard InChI is InChI=1S/C18H22F3NO2/c1-3-11-24-15-8-7-13(12-14(15)18(19,20)21)22-16(23)17(2)9-5-4-6-10-17/h3,7-8,12H,1,4-6,9-11H2,2H3,(H,22,23). The summed E-state index contributed by atoms with van der Waals surface area (Å²) in [5.74, 6) is -0.501. The largest absolute Gasteiger partial charge is 0.489 e.